The Bertz CT molecular complexity index is 2080. The van der Waals surface area contributed by atoms with Crippen LogP contribution < -0.4 is 14.4 Å². The summed E-state index contributed by atoms with van der Waals surface area (Å²) in [5.74, 6) is 0.942. The minimum absolute atomic E-state index is 0.942. The van der Waals surface area contributed by atoms with Gasteiger partial charge in [-0.25, -0.2) is 0 Å². The molecular formula is C45H34N3+. The third-order valence-corrected chi connectivity index (χ3v) is 8.67. The molecule has 0 N–H and O–H groups in total. The van der Waals surface area contributed by atoms with Gasteiger partial charge in [0.05, 0.1) is 0 Å². The summed E-state index contributed by atoms with van der Waals surface area (Å²) in [5, 5.41) is 4.67. The van der Waals surface area contributed by atoms with Gasteiger partial charge in [-0.15, -0.1) is 0 Å². The van der Waals surface area contributed by atoms with E-state index >= 15 is 0 Å². The van der Waals surface area contributed by atoms with Crippen molar-refractivity contribution in [3.63, 3.8) is 0 Å². The number of hydrogen-bond donors (Lipinski definition) is 0. The van der Waals surface area contributed by atoms with Crippen molar-refractivity contribution in [2.75, 3.05) is 9.80 Å². The molecule has 3 nitrogen and oxygen atoms in total. The van der Waals surface area contributed by atoms with Crippen LogP contribution in [0.5, 0.6) is 0 Å². The minimum atomic E-state index is 0.942. The maximum atomic E-state index is 2.45. The molecule has 0 amide bonds. The average Bonchev–Trinajstić information content (AvgIpc) is 3.17. The normalized spacial score (nSPS) is 10.9. The number of guanidine groups is 1. The molecular weight excluding hydrogens is 583 g/mol. The molecule has 228 valence electrons. The van der Waals surface area contributed by atoms with Crippen molar-refractivity contribution < 1.29 is 0 Å². The molecule has 0 unspecified atom stereocenters. The predicted octanol–water partition coefficient (Wildman–Crippen LogP) is 11.9. The van der Waals surface area contributed by atoms with Crippen molar-refractivity contribution in [1.29, 1.82) is 0 Å². The Labute approximate surface area is 281 Å². The van der Waals surface area contributed by atoms with Gasteiger partial charge in [-0.3, -0.25) is 0 Å². The Balaban J connectivity index is 1.63. The lowest BCUT2D eigenvalue weighted by Crippen LogP contribution is -2.46. The first kappa shape index (κ1) is 29.0. The summed E-state index contributed by atoms with van der Waals surface area (Å²) in [7, 11) is 0. The van der Waals surface area contributed by atoms with Crippen molar-refractivity contribution in [2.45, 2.75) is 0 Å². The number of fused-ring (bicyclic) bond motifs is 2. The first-order chi connectivity index (χ1) is 23.9. The predicted molar refractivity (Wildman–Crippen MR) is 204 cm³/mol. The number of rotatable bonds is 6. The van der Waals surface area contributed by atoms with Gasteiger partial charge in [-0.2, -0.15) is 14.4 Å². The second kappa shape index (κ2) is 13.1. The maximum absolute atomic E-state index is 2.45. The standard InChI is InChI=1S/C45H34N3/c1-5-23-37(24-6-1)46(38-25-7-2-8-26-38)45(47(39-27-9-3-10-28-39)40-29-11-4-12-30-40)48(43-33-17-21-35-19-13-15-31-41(35)43)44-34-18-22-36-20-14-16-32-42(36)44/h1-34H/q+1. The fourth-order valence-electron chi connectivity index (χ4n) is 6.52. The largest absolute Gasteiger partial charge is 0.380 e. The average molecular weight is 617 g/mol. The van der Waals surface area contributed by atoms with Gasteiger partial charge in [0.25, 0.3) is 0 Å². The van der Waals surface area contributed by atoms with E-state index in [1.54, 1.807) is 0 Å². The fraction of sp³-hybridized carbons (Fsp3) is 0. The van der Waals surface area contributed by atoms with E-state index in [0.717, 1.165) is 50.9 Å². The molecule has 0 spiro atoms. The van der Waals surface area contributed by atoms with E-state index in [2.05, 4.69) is 221 Å². The van der Waals surface area contributed by atoms with Gasteiger partial charge in [0, 0.05) is 10.8 Å². The van der Waals surface area contributed by atoms with E-state index in [9.17, 15) is 0 Å². The summed E-state index contributed by atoms with van der Waals surface area (Å²) >= 11 is 0. The Morgan fingerprint density at radius 2 is 0.583 bits per heavy atom. The number of anilines is 4. The van der Waals surface area contributed by atoms with E-state index in [4.69, 9.17) is 0 Å². The van der Waals surface area contributed by atoms with Crippen LogP contribution in [-0.2, 0) is 0 Å². The first-order valence-electron chi connectivity index (χ1n) is 16.3. The molecule has 8 aromatic rings. The smallest absolute Gasteiger partial charge is 0.197 e. The molecule has 0 fully saturated rings. The number of para-hydroxylation sites is 4. The molecule has 0 aliphatic rings. The van der Waals surface area contributed by atoms with Gasteiger partial charge in [-0.05, 0) is 71.4 Å². The summed E-state index contributed by atoms with van der Waals surface area (Å²) in [4.78, 5) is 4.76. The summed E-state index contributed by atoms with van der Waals surface area (Å²) < 4.78 is 2.45. The minimum Gasteiger partial charge on any atom is -0.197 e. The second-order valence-electron chi connectivity index (χ2n) is 11.6. The van der Waals surface area contributed by atoms with Gasteiger partial charge in [0.2, 0.25) is 0 Å². The third-order valence-electron chi connectivity index (χ3n) is 8.67. The molecule has 8 rings (SSSR count). The van der Waals surface area contributed by atoms with Crippen LogP contribution in [0.3, 0.4) is 0 Å². The number of benzene rings is 8. The molecule has 0 atom stereocenters. The molecule has 0 aliphatic carbocycles. The van der Waals surface area contributed by atoms with Crippen LogP contribution >= 0.6 is 0 Å². The molecule has 0 radical (unpaired) electrons. The number of hydrogen-bond acceptors (Lipinski definition) is 0. The lowest BCUT2D eigenvalue weighted by atomic mass is 10.1. The molecule has 8 aromatic carbocycles. The Hall–Kier alpha value is -6.45. The van der Waals surface area contributed by atoms with Crippen LogP contribution in [-0.4, -0.2) is 5.96 Å². The van der Waals surface area contributed by atoms with Crippen LogP contribution in [0.15, 0.2) is 206 Å². The van der Waals surface area contributed by atoms with Gasteiger partial charge in [0.1, 0.15) is 34.1 Å². The summed E-state index contributed by atoms with van der Waals surface area (Å²) in [6, 6.07) is 73.2. The van der Waals surface area contributed by atoms with Gasteiger partial charge in [-0.1, -0.05) is 146 Å². The van der Waals surface area contributed by atoms with E-state index in [-0.39, 0.29) is 0 Å². The van der Waals surface area contributed by atoms with Crippen LogP contribution in [0.4, 0.5) is 34.1 Å². The Morgan fingerprint density at radius 1 is 0.292 bits per heavy atom. The molecule has 0 heterocycles. The van der Waals surface area contributed by atoms with E-state index in [1.807, 2.05) is 0 Å². The highest BCUT2D eigenvalue weighted by Gasteiger charge is 2.37. The molecule has 0 saturated carbocycles. The van der Waals surface area contributed by atoms with Crippen molar-refractivity contribution in [2.24, 2.45) is 0 Å². The summed E-state index contributed by atoms with van der Waals surface area (Å²) in [5.41, 5.74) is 6.32. The molecule has 48 heavy (non-hydrogen) atoms. The highest BCUT2D eigenvalue weighted by atomic mass is 15.4. The summed E-state index contributed by atoms with van der Waals surface area (Å²) in [6.45, 7) is 0. The van der Waals surface area contributed by atoms with E-state index < -0.39 is 0 Å². The van der Waals surface area contributed by atoms with Crippen molar-refractivity contribution >= 4 is 61.6 Å². The highest BCUT2D eigenvalue weighted by Crippen LogP contribution is 2.39. The quantitative estimate of drug-likeness (QED) is 0.104. The van der Waals surface area contributed by atoms with Crippen LogP contribution in [0.1, 0.15) is 0 Å². The highest BCUT2D eigenvalue weighted by molar-refractivity contribution is 6.19. The molecule has 0 aromatic heterocycles. The Kier molecular flexibility index (Phi) is 7.92. The zero-order valence-electron chi connectivity index (χ0n) is 26.5. The van der Waals surface area contributed by atoms with Crippen molar-refractivity contribution in [1.82, 2.24) is 4.58 Å². The van der Waals surface area contributed by atoms with Gasteiger partial charge < -0.3 is 0 Å². The van der Waals surface area contributed by atoms with Crippen LogP contribution in [0.25, 0.3) is 21.5 Å². The SMILES string of the molecule is c1ccc(N(C(N(c2ccccc2)c2ccccc2)=[N+](c2cccc3ccccc23)c2cccc3ccccc23)c2ccccc2)cc1. The van der Waals surface area contributed by atoms with Crippen LogP contribution in [0, 0.1) is 0 Å². The zero-order chi connectivity index (χ0) is 32.1. The Morgan fingerprint density at radius 3 is 0.938 bits per heavy atom. The fourth-order valence-corrected chi connectivity index (χ4v) is 6.52. The van der Waals surface area contributed by atoms with Gasteiger partial charge >= 0.3 is 5.96 Å². The maximum Gasteiger partial charge on any atom is 0.380 e. The number of nitrogens with zero attached hydrogens (tertiary/aromatic N) is 3. The topological polar surface area (TPSA) is 9.49 Å². The molecule has 3 heteroatoms. The monoisotopic (exact) mass is 616 g/mol. The van der Waals surface area contributed by atoms with Crippen LogP contribution in [0.2, 0.25) is 0 Å². The van der Waals surface area contributed by atoms with Crippen molar-refractivity contribution in [3.05, 3.63) is 206 Å². The molecule has 0 saturated heterocycles. The lowest BCUT2D eigenvalue weighted by molar-refractivity contribution is 1.04. The first-order valence-corrected chi connectivity index (χ1v) is 16.3. The zero-order valence-corrected chi connectivity index (χ0v) is 26.5. The van der Waals surface area contributed by atoms with Crippen molar-refractivity contribution in [3.8, 4) is 0 Å². The van der Waals surface area contributed by atoms with E-state index in [1.165, 1.54) is 10.8 Å². The lowest BCUT2D eigenvalue weighted by Gasteiger charge is -2.31. The molecule has 0 bridgehead atoms. The summed E-state index contributed by atoms with van der Waals surface area (Å²) in [6.07, 6.45) is 0. The van der Waals surface area contributed by atoms with Gasteiger partial charge in [0.15, 0.2) is 0 Å². The second-order valence-corrected chi connectivity index (χ2v) is 11.6. The third kappa shape index (κ3) is 5.48. The molecule has 0 aliphatic heterocycles. The van der Waals surface area contributed by atoms with E-state index in [0.29, 0.717) is 0 Å².